The number of rotatable bonds is 16. The van der Waals surface area contributed by atoms with E-state index in [9.17, 15) is 81.7 Å². The van der Waals surface area contributed by atoms with Crippen molar-refractivity contribution in [3.05, 3.63) is 140 Å². The molecule has 18 N–H and O–H groups in total. The summed E-state index contributed by atoms with van der Waals surface area (Å²) in [5, 5.41) is 166. The maximum absolute atomic E-state index is 17.6. The van der Waals surface area contributed by atoms with Crippen molar-refractivity contribution in [2.45, 2.75) is 139 Å². The number of nitrogens with one attached hydrogen (secondary N) is 2. The number of thioether (sulfide) groups is 4. The van der Waals surface area contributed by atoms with E-state index >= 15 is 70.2 Å². The first-order valence-electron chi connectivity index (χ1n) is 32.5. The SMILES string of the molecule is OCC1O[C@@H](Sc2c(F)c(F)c(-c3c4nc(c(-c5c(F)c(F)c(S[C@H]6OC(CO)[C@@H](O)[C@@H](O)C6O)c(F)c5F)c5ccc([nH]5)c(-c5c(F)c(F)c(S[C@@H]6OC(CO)[C@H](O)[C@H](O)C6O)c(F)c5F)c5nc(c(-c6c(F)c(F)c(S[C@@H]7OC(CO)[C@H](O)[C@H](O)C7O)c(F)c6F)c6ccc3[nH]6)C=C5)C=C4)c(F)c2F)C(O)[C@@H](O)C1O. The fourth-order valence-electron chi connectivity index (χ4n) is 13.1. The van der Waals surface area contributed by atoms with Crippen LogP contribution in [0.2, 0.25) is 0 Å². The largest absolute Gasteiger partial charge is 0.394 e. The highest BCUT2D eigenvalue weighted by atomic mass is 32.2. The van der Waals surface area contributed by atoms with Crippen molar-refractivity contribution in [2.75, 3.05) is 26.4 Å². The third-order valence-electron chi connectivity index (χ3n) is 19.0. The first-order valence-corrected chi connectivity index (χ1v) is 36.1. The van der Waals surface area contributed by atoms with Crippen LogP contribution < -0.4 is 0 Å². The van der Waals surface area contributed by atoms with Crippen molar-refractivity contribution in [1.29, 1.82) is 0 Å². The molecule has 0 aliphatic carbocycles. The van der Waals surface area contributed by atoms with Crippen molar-refractivity contribution in [2.24, 2.45) is 0 Å². The Balaban J connectivity index is 1.13. The van der Waals surface area contributed by atoms with Gasteiger partial charge in [0.05, 0.1) is 91.0 Å². The summed E-state index contributed by atoms with van der Waals surface area (Å²) in [5.41, 5.74) is -30.4. The van der Waals surface area contributed by atoms with Crippen molar-refractivity contribution >= 4 is 93.4 Å². The van der Waals surface area contributed by atoms with Crippen LogP contribution in [-0.4, -0.2) is 247 Å². The van der Waals surface area contributed by atoms with Gasteiger partial charge in [0.2, 0.25) is 0 Å². The molecule has 4 fully saturated rings. The lowest BCUT2D eigenvalue weighted by molar-refractivity contribution is -0.205. The number of aromatic amines is 2. The monoisotopic (exact) mass is 1680 g/mol. The number of fused-ring (bicyclic) bond motifs is 8. The smallest absolute Gasteiger partial charge is 0.176 e. The van der Waals surface area contributed by atoms with Crippen LogP contribution in [0.1, 0.15) is 22.8 Å². The molecule has 112 heavy (non-hydrogen) atoms. The summed E-state index contributed by atoms with van der Waals surface area (Å²) in [6, 6.07) is 2.47. The number of halogens is 16. The van der Waals surface area contributed by atoms with Gasteiger partial charge in [-0.05, 0) is 48.6 Å². The molecule has 9 heterocycles. The third-order valence-corrected chi connectivity index (χ3v) is 23.8. The summed E-state index contributed by atoms with van der Waals surface area (Å²) in [4.78, 5) is 6.27. The van der Waals surface area contributed by atoms with Crippen LogP contribution in [0, 0.1) is 93.1 Å². The van der Waals surface area contributed by atoms with Gasteiger partial charge in [-0.25, -0.2) is 80.2 Å². The summed E-state index contributed by atoms with van der Waals surface area (Å²) < 4.78 is 298. The van der Waals surface area contributed by atoms with Gasteiger partial charge in [-0.15, -0.1) is 0 Å². The molecule has 8 bridgehead atoms. The van der Waals surface area contributed by atoms with Crippen molar-refractivity contribution in [3.63, 3.8) is 0 Å². The van der Waals surface area contributed by atoms with E-state index in [1.165, 1.54) is 0 Å². The number of H-pyrrole nitrogens is 2. The standard InChI is InChI=1S/C68H54F16N4O20S4/c69-33-29(34(70)42(78)61(41(33)77)109-65-57(101)53(97)49(93)21(9-89)105-65)25-13-1-2-14(85-13)26(30-35(71)43(79)62(44(80)36(30)72)110-66-58(102)54(98)50(94)22(10-90)106-66)16-5-6-18(87-16)28(32-39(75)47(83)64(48(84)40(32)76)112-68-60(104)56(100)52(96)24(12-92)108-68)20-8-7-19(88-20)27(17-4-3-15(25)86-17)31-37(73)45(81)63(46(82)38(31)74)111-67-59(103)55(99)51(95)23(11-91)107-67/h1-8,21-24,49-60,65-68,85,88-104H,9-12H2/t21?,22?,23?,24?,49-,50+,51-,52?,53-,54+,55-,56-,57?,58?,59?,60?,65-,66+,67-,68-/m0/s1. The molecule has 602 valence electrons. The van der Waals surface area contributed by atoms with E-state index in [1.54, 1.807) is 0 Å². The van der Waals surface area contributed by atoms with E-state index in [2.05, 4.69) is 19.9 Å². The average molecular weight is 1680 g/mol. The number of aliphatic hydroxyl groups is 16. The molecule has 9 unspecified atom stereocenters. The van der Waals surface area contributed by atoms with Crippen molar-refractivity contribution < 1.29 is 171 Å². The minimum Gasteiger partial charge on any atom is -0.394 e. The highest BCUT2D eigenvalue weighted by Gasteiger charge is 2.50. The van der Waals surface area contributed by atoms with E-state index in [-0.39, 0.29) is 47.0 Å². The molecule has 7 aromatic rings. The number of aliphatic hydroxyl groups excluding tert-OH is 16. The lowest BCUT2D eigenvalue weighted by Crippen LogP contribution is -2.57. The van der Waals surface area contributed by atoms with Gasteiger partial charge in [-0.3, -0.25) is 0 Å². The van der Waals surface area contributed by atoms with Crippen molar-refractivity contribution in [3.8, 4) is 44.5 Å². The second kappa shape index (κ2) is 32.2. The van der Waals surface area contributed by atoms with Crippen LogP contribution in [0.3, 0.4) is 0 Å². The van der Waals surface area contributed by atoms with E-state index in [0.717, 1.165) is 0 Å². The predicted molar refractivity (Wildman–Crippen MR) is 358 cm³/mol. The quantitative estimate of drug-likeness (QED) is 0.0441. The molecular weight excluding hydrogens is 1620 g/mol. The highest BCUT2D eigenvalue weighted by Crippen LogP contribution is 2.51. The molecule has 4 aromatic carbocycles. The Morgan fingerprint density at radius 1 is 0.250 bits per heavy atom. The zero-order valence-corrected chi connectivity index (χ0v) is 58.6. The fraction of sp³-hybridized carbons (Fsp3) is 0.353. The first-order chi connectivity index (χ1) is 53.0. The van der Waals surface area contributed by atoms with Crippen LogP contribution >= 0.6 is 47.0 Å². The Hall–Kier alpha value is -7.04. The summed E-state index contributed by atoms with van der Waals surface area (Å²) in [7, 11) is 0. The lowest BCUT2D eigenvalue weighted by Gasteiger charge is -2.39. The Morgan fingerprint density at radius 2 is 0.420 bits per heavy atom. The Kier molecular flexibility index (Phi) is 23.9. The fourth-order valence-corrected chi connectivity index (χ4v) is 17.6. The van der Waals surface area contributed by atoms with Gasteiger partial charge in [0, 0.05) is 44.3 Å². The van der Waals surface area contributed by atoms with Gasteiger partial charge in [0.25, 0.3) is 0 Å². The molecule has 13 rings (SSSR count). The van der Waals surface area contributed by atoms with Gasteiger partial charge in [0.1, 0.15) is 119 Å². The molecule has 0 saturated carbocycles. The number of aromatic nitrogens is 4. The average Bonchev–Trinajstić information content (AvgIpc) is 1.48. The van der Waals surface area contributed by atoms with Crippen LogP contribution in [0.25, 0.3) is 90.9 Å². The van der Waals surface area contributed by atoms with Gasteiger partial charge in [-0.1, -0.05) is 47.0 Å². The zero-order chi connectivity index (χ0) is 81.3. The second-order valence-electron chi connectivity index (χ2n) is 25.6. The highest BCUT2D eigenvalue weighted by molar-refractivity contribution is 8.00. The maximum atomic E-state index is 17.6. The maximum Gasteiger partial charge on any atom is 0.176 e. The van der Waals surface area contributed by atoms with Crippen LogP contribution in [-0.2, 0) is 18.9 Å². The van der Waals surface area contributed by atoms with Gasteiger partial charge in [-0.2, -0.15) is 0 Å². The summed E-state index contributed by atoms with van der Waals surface area (Å²) >= 11 is -1.48. The van der Waals surface area contributed by atoms with Crippen molar-refractivity contribution in [1.82, 2.24) is 19.9 Å². The summed E-state index contributed by atoms with van der Waals surface area (Å²) in [5.74, 6) is -39.3. The molecule has 3 aromatic heterocycles. The third kappa shape index (κ3) is 14.0. The number of nitrogens with zero attached hydrogens (tertiary/aromatic N) is 2. The molecule has 0 amide bonds. The topological polar surface area (TPSA) is 418 Å². The van der Waals surface area contributed by atoms with Gasteiger partial charge >= 0.3 is 0 Å². The Labute approximate surface area is 631 Å². The first kappa shape index (κ1) is 82.9. The number of hydrogen-bond donors (Lipinski definition) is 18. The minimum absolute atomic E-state index is 0.371. The molecule has 20 atom stereocenters. The van der Waals surface area contributed by atoms with Crippen LogP contribution in [0.5, 0.6) is 0 Å². The summed E-state index contributed by atoms with van der Waals surface area (Å²) in [6.07, 6.45) is -31.7. The number of hydrogen-bond acceptors (Lipinski definition) is 26. The second-order valence-corrected chi connectivity index (χ2v) is 30.0. The van der Waals surface area contributed by atoms with Gasteiger partial charge in [0.15, 0.2) is 93.1 Å². The molecule has 6 aliphatic heterocycles. The Morgan fingerprint density at radius 3 is 0.580 bits per heavy atom. The Bertz CT molecular complexity index is 4440. The van der Waals surface area contributed by atoms with Crippen LogP contribution in [0.4, 0.5) is 70.2 Å². The zero-order valence-electron chi connectivity index (χ0n) is 55.4. The predicted octanol–water partition coefficient (Wildman–Crippen LogP) is 5.12. The molecule has 6 aliphatic rings. The van der Waals surface area contributed by atoms with E-state index in [1.807, 2.05) is 0 Å². The number of benzene rings is 4. The molecule has 44 heteroatoms. The van der Waals surface area contributed by atoms with E-state index in [0.29, 0.717) is 48.6 Å². The lowest BCUT2D eigenvalue weighted by atomic mass is 10.0. The molecule has 0 radical (unpaired) electrons. The molecule has 24 nitrogen and oxygen atoms in total. The summed E-state index contributed by atoms with van der Waals surface area (Å²) in [6.45, 7) is -4.55. The van der Waals surface area contributed by atoms with E-state index in [4.69, 9.17) is 18.9 Å². The van der Waals surface area contributed by atoms with Crippen LogP contribution in [0.15, 0.2) is 43.8 Å². The molecule has 4 saturated heterocycles. The minimum atomic E-state index is -2.49. The molecular formula is C68H54F16N4O20S4. The normalized spacial score (nSPS) is 28.8. The molecule has 0 spiro atoms. The van der Waals surface area contributed by atoms with E-state index < -0.39 is 348 Å². The number of ether oxygens (including phenoxy) is 4. The van der Waals surface area contributed by atoms with Gasteiger partial charge < -0.3 is 111 Å².